The zero-order valence-corrected chi connectivity index (χ0v) is 20.1. The quantitative estimate of drug-likeness (QED) is 0.635. The first kappa shape index (κ1) is 23.0. The van der Waals surface area contributed by atoms with E-state index in [2.05, 4.69) is 37.5 Å². The van der Waals surface area contributed by atoms with Crippen molar-refractivity contribution in [3.05, 3.63) is 39.8 Å². The largest absolute Gasteiger partial charge is 0.496 e. The van der Waals surface area contributed by atoms with Crippen LogP contribution in [0, 0.1) is 22.7 Å². The van der Waals surface area contributed by atoms with Crippen molar-refractivity contribution in [3.63, 3.8) is 0 Å². The number of amides is 1. The number of carbonyl (C=O) groups is 1. The molecule has 2 N–H and O–H groups in total. The number of carbonyl (C=O) groups excluding carboxylic acids is 1. The van der Waals surface area contributed by atoms with Gasteiger partial charge in [0.1, 0.15) is 28.1 Å². The predicted octanol–water partition coefficient (Wildman–Crippen LogP) is 4.91. The molecule has 0 saturated carbocycles. The van der Waals surface area contributed by atoms with Crippen molar-refractivity contribution < 1.29 is 14.3 Å². The van der Waals surface area contributed by atoms with E-state index in [1.54, 1.807) is 29.5 Å². The van der Waals surface area contributed by atoms with Crippen LogP contribution in [0.15, 0.2) is 18.2 Å². The summed E-state index contributed by atoms with van der Waals surface area (Å²) in [6.07, 6.45) is 2.91. The SMILES string of the molecule is COc1cccc(OC)c1C(=O)NC(=S)Nc1sc2c(c1C#N)CC[C@@H](C(C)(C)C)C2. The third kappa shape index (κ3) is 4.83. The highest BCUT2D eigenvalue weighted by molar-refractivity contribution is 7.80. The number of fused-ring (bicyclic) bond motifs is 1. The Bertz CT molecular complexity index is 1030. The summed E-state index contributed by atoms with van der Waals surface area (Å²) in [5.74, 6) is 0.900. The van der Waals surface area contributed by atoms with Gasteiger partial charge in [0.15, 0.2) is 5.11 Å². The van der Waals surface area contributed by atoms with E-state index in [4.69, 9.17) is 21.7 Å². The summed E-state index contributed by atoms with van der Waals surface area (Å²) >= 11 is 6.93. The fraction of sp³-hybridized carbons (Fsp3) is 0.435. The Hall–Kier alpha value is -2.63. The zero-order chi connectivity index (χ0) is 22.8. The van der Waals surface area contributed by atoms with Gasteiger partial charge < -0.3 is 14.8 Å². The molecular formula is C23H27N3O3S2. The highest BCUT2D eigenvalue weighted by Gasteiger charge is 2.32. The molecule has 31 heavy (non-hydrogen) atoms. The summed E-state index contributed by atoms with van der Waals surface area (Å²) in [4.78, 5) is 14.1. The van der Waals surface area contributed by atoms with Crippen LogP contribution in [0.4, 0.5) is 5.00 Å². The maximum Gasteiger partial charge on any atom is 0.264 e. The van der Waals surface area contributed by atoms with Crippen molar-refractivity contribution in [2.45, 2.75) is 40.0 Å². The number of hydrogen-bond donors (Lipinski definition) is 2. The Labute approximate surface area is 192 Å². The summed E-state index contributed by atoms with van der Waals surface area (Å²) < 4.78 is 10.6. The van der Waals surface area contributed by atoms with E-state index in [1.807, 2.05) is 0 Å². The Balaban J connectivity index is 1.79. The highest BCUT2D eigenvalue weighted by atomic mass is 32.1. The average Bonchev–Trinajstić information content (AvgIpc) is 3.07. The number of thiocarbonyl (C=S) groups is 1. The van der Waals surface area contributed by atoms with Gasteiger partial charge in [-0.25, -0.2) is 0 Å². The lowest BCUT2D eigenvalue weighted by Crippen LogP contribution is -2.34. The van der Waals surface area contributed by atoms with E-state index in [0.717, 1.165) is 24.8 Å². The van der Waals surface area contributed by atoms with Crippen LogP contribution in [0.3, 0.4) is 0 Å². The van der Waals surface area contributed by atoms with E-state index < -0.39 is 5.91 Å². The second kappa shape index (κ2) is 9.25. The van der Waals surface area contributed by atoms with Crippen LogP contribution in [0.2, 0.25) is 0 Å². The van der Waals surface area contributed by atoms with Crippen LogP contribution in [-0.4, -0.2) is 25.2 Å². The maximum absolute atomic E-state index is 12.8. The highest BCUT2D eigenvalue weighted by Crippen LogP contribution is 2.44. The van der Waals surface area contributed by atoms with Gasteiger partial charge in [0.2, 0.25) is 0 Å². The van der Waals surface area contributed by atoms with Crippen molar-refractivity contribution in [2.75, 3.05) is 19.5 Å². The van der Waals surface area contributed by atoms with E-state index in [-0.39, 0.29) is 16.1 Å². The molecule has 0 bridgehead atoms. The second-order valence-electron chi connectivity index (χ2n) is 8.57. The molecule has 0 fully saturated rings. The molecule has 0 aliphatic heterocycles. The van der Waals surface area contributed by atoms with E-state index >= 15 is 0 Å². The van der Waals surface area contributed by atoms with E-state index in [0.29, 0.717) is 28.0 Å². The lowest BCUT2D eigenvalue weighted by Gasteiger charge is -2.33. The molecule has 6 nitrogen and oxygen atoms in total. The van der Waals surface area contributed by atoms with Crippen molar-refractivity contribution in [1.29, 1.82) is 5.26 Å². The van der Waals surface area contributed by atoms with Crippen LogP contribution < -0.4 is 20.1 Å². The number of anilines is 1. The topological polar surface area (TPSA) is 83.4 Å². The third-order valence-electron chi connectivity index (χ3n) is 5.71. The number of benzene rings is 1. The van der Waals surface area contributed by atoms with Gasteiger partial charge >= 0.3 is 0 Å². The average molecular weight is 458 g/mol. The normalized spacial score (nSPS) is 15.4. The first-order valence-corrected chi connectivity index (χ1v) is 11.3. The fourth-order valence-corrected chi connectivity index (χ4v) is 5.45. The minimum atomic E-state index is -0.445. The lowest BCUT2D eigenvalue weighted by molar-refractivity contribution is 0.0971. The fourth-order valence-electron chi connectivity index (χ4n) is 3.91. The number of ether oxygens (including phenoxy) is 2. The summed E-state index contributed by atoms with van der Waals surface area (Å²) in [6.45, 7) is 6.78. The van der Waals surface area contributed by atoms with Gasteiger partial charge in [0.25, 0.3) is 5.91 Å². The number of methoxy groups -OCH3 is 2. The number of nitrogens with zero attached hydrogens (tertiary/aromatic N) is 1. The van der Waals surface area contributed by atoms with Gasteiger partial charge in [0, 0.05) is 4.88 Å². The second-order valence-corrected chi connectivity index (χ2v) is 10.1. The van der Waals surface area contributed by atoms with Crippen molar-refractivity contribution >= 4 is 39.6 Å². The maximum atomic E-state index is 12.8. The lowest BCUT2D eigenvalue weighted by atomic mass is 9.72. The molecule has 1 aromatic carbocycles. The Kier molecular flexibility index (Phi) is 6.87. The van der Waals surface area contributed by atoms with Gasteiger partial charge in [-0.1, -0.05) is 26.8 Å². The van der Waals surface area contributed by atoms with Crippen molar-refractivity contribution in [3.8, 4) is 17.6 Å². The molecule has 0 unspecified atom stereocenters. The Morgan fingerprint density at radius 3 is 2.45 bits per heavy atom. The molecule has 0 spiro atoms. The smallest absolute Gasteiger partial charge is 0.264 e. The molecule has 0 saturated heterocycles. The zero-order valence-electron chi connectivity index (χ0n) is 18.4. The van der Waals surface area contributed by atoms with Crippen molar-refractivity contribution in [1.82, 2.24) is 5.32 Å². The van der Waals surface area contributed by atoms with E-state index in [9.17, 15) is 10.1 Å². The summed E-state index contributed by atoms with van der Waals surface area (Å²) in [6, 6.07) is 7.42. The summed E-state index contributed by atoms with van der Waals surface area (Å²) in [5.41, 5.74) is 2.21. The number of nitriles is 1. The number of rotatable bonds is 4. The van der Waals surface area contributed by atoms with Crippen LogP contribution in [0.5, 0.6) is 11.5 Å². The van der Waals surface area contributed by atoms with Gasteiger partial charge in [-0.2, -0.15) is 5.26 Å². The minimum absolute atomic E-state index is 0.125. The van der Waals surface area contributed by atoms with Gasteiger partial charge in [-0.05, 0) is 60.5 Å². The molecule has 2 aromatic rings. The minimum Gasteiger partial charge on any atom is -0.496 e. The standard InChI is InChI=1S/C23H27N3O3S2/c1-23(2,3)13-9-10-14-15(12-24)21(31-18(14)11-13)26-22(30)25-20(27)19-16(28-4)7-6-8-17(19)29-5/h6-8,13H,9-11H2,1-5H3,(H2,25,26,27,30)/t13-/m1/s1. The van der Waals surface area contributed by atoms with Crippen LogP contribution in [0.25, 0.3) is 0 Å². The molecule has 1 atom stereocenters. The third-order valence-corrected chi connectivity index (χ3v) is 7.08. The van der Waals surface area contributed by atoms with Crippen molar-refractivity contribution in [2.24, 2.45) is 11.3 Å². The molecule has 0 radical (unpaired) electrons. The van der Waals surface area contributed by atoms with Gasteiger partial charge in [0.05, 0.1) is 19.8 Å². The van der Waals surface area contributed by atoms with E-state index in [1.165, 1.54) is 19.1 Å². The monoisotopic (exact) mass is 457 g/mol. The Morgan fingerprint density at radius 1 is 1.26 bits per heavy atom. The Morgan fingerprint density at radius 2 is 1.90 bits per heavy atom. The summed E-state index contributed by atoms with van der Waals surface area (Å²) in [7, 11) is 2.98. The number of hydrogen-bond acceptors (Lipinski definition) is 6. The first-order valence-electron chi connectivity index (χ1n) is 10.1. The van der Waals surface area contributed by atoms with Gasteiger partial charge in [-0.3, -0.25) is 10.1 Å². The van der Waals surface area contributed by atoms with Crippen LogP contribution in [0.1, 0.15) is 53.6 Å². The van der Waals surface area contributed by atoms with Crippen LogP contribution >= 0.6 is 23.6 Å². The molecular weight excluding hydrogens is 430 g/mol. The molecule has 8 heteroatoms. The number of thiophene rings is 1. The molecule has 164 valence electrons. The molecule has 1 heterocycles. The molecule has 1 aromatic heterocycles. The molecule has 1 aliphatic carbocycles. The predicted molar refractivity (Wildman–Crippen MR) is 127 cm³/mol. The first-order chi connectivity index (χ1) is 14.7. The molecule has 1 amide bonds. The molecule has 3 rings (SSSR count). The molecule has 1 aliphatic rings. The van der Waals surface area contributed by atoms with Gasteiger partial charge in [-0.15, -0.1) is 11.3 Å². The van der Waals surface area contributed by atoms with Crippen LogP contribution in [-0.2, 0) is 12.8 Å². The summed E-state index contributed by atoms with van der Waals surface area (Å²) in [5, 5.41) is 16.3. The number of nitrogens with one attached hydrogen (secondary N) is 2.